The molecule has 1 atom stereocenters. The van der Waals surface area contributed by atoms with E-state index in [9.17, 15) is 14.0 Å². The molecule has 0 spiro atoms. The Balaban J connectivity index is 2.34. The Hall–Kier alpha value is -2.40. The zero-order valence-corrected chi connectivity index (χ0v) is 15.7. The number of nitrogens with zero attached hydrogens (tertiary/aromatic N) is 1. The molecule has 4 nitrogen and oxygen atoms in total. The SMILES string of the molecule is COC(=O)C(C)CN(Cc1ccc(C)cc1)C(=O)c1c(F)cccc1Cl. The molecule has 0 aliphatic heterocycles. The average Bonchev–Trinajstić information content (AvgIpc) is 2.61. The molecule has 0 aromatic heterocycles. The number of amides is 1. The number of methoxy groups -OCH3 is 1. The maximum atomic E-state index is 14.2. The van der Waals surface area contributed by atoms with E-state index in [2.05, 4.69) is 0 Å². The van der Waals surface area contributed by atoms with Crippen molar-refractivity contribution in [2.45, 2.75) is 20.4 Å². The fourth-order valence-corrected chi connectivity index (χ4v) is 2.84. The maximum absolute atomic E-state index is 14.2. The van der Waals surface area contributed by atoms with Crippen molar-refractivity contribution in [1.29, 1.82) is 0 Å². The molecule has 138 valence electrons. The van der Waals surface area contributed by atoms with E-state index in [0.717, 1.165) is 11.1 Å². The summed E-state index contributed by atoms with van der Waals surface area (Å²) in [5.74, 6) is -2.25. The van der Waals surface area contributed by atoms with Gasteiger partial charge in [0.2, 0.25) is 0 Å². The van der Waals surface area contributed by atoms with Gasteiger partial charge in [0.05, 0.1) is 23.6 Å². The molecular formula is C20H21ClFNO3. The van der Waals surface area contributed by atoms with Crippen LogP contribution in [0.4, 0.5) is 4.39 Å². The molecule has 0 heterocycles. The number of halogens is 2. The Morgan fingerprint density at radius 1 is 1.19 bits per heavy atom. The van der Waals surface area contributed by atoms with Crippen molar-refractivity contribution in [3.05, 3.63) is 70.0 Å². The van der Waals surface area contributed by atoms with E-state index >= 15 is 0 Å². The number of rotatable bonds is 6. The third-order valence-electron chi connectivity index (χ3n) is 4.06. The Morgan fingerprint density at radius 2 is 1.85 bits per heavy atom. The fourth-order valence-electron chi connectivity index (χ4n) is 2.60. The van der Waals surface area contributed by atoms with Crippen LogP contribution in [0.2, 0.25) is 5.02 Å². The minimum Gasteiger partial charge on any atom is -0.469 e. The van der Waals surface area contributed by atoms with E-state index < -0.39 is 23.6 Å². The molecule has 6 heteroatoms. The van der Waals surface area contributed by atoms with E-state index in [-0.39, 0.29) is 23.7 Å². The molecule has 2 rings (SSSR count). The standard InChI is InChI=1S/C20H21ClFNO3/c1-13-7-9-15(10-8-13)12-23(11-14(2)20(25)26-3)19(24)18-16(21)5-4-6-17(18)22/h4-10,14H,11-12H2,1-3H3. The lowest BCUT2D eigenvalue weighted by Crippen LogP contribution is -2.37. The number of carbonyl (C=O) groups excluding carboxylic acids is 2. The van der Waals surface area contributed by atoms with E-state index in [4.69, 9.17) is 16.3 Å². The van der Waals surface area contributed by atoms with E-state index in [1.807, 2.05) is 31.2 Å². The molecule has 26 heavy (non-hydrogen) atoms. The van der Waals surface area contributed by atoms with Gasteiger partial charge in [-0.3, -0.25) is 9.59 Å². The number of benzene rings is 2. The average molecular weight is 378 g/mol. The van der Waals surface area contributed by atoms with Crippen molar-refractivity contribution in [1.82, 2.24) is 4.90 Å². The first-order valence-electron chi connectivity index (χ1n) is 8.20. The predicted octanol–water partition coefficient (Wildman–Crippen LogP) is 4.24. The molecular weight excluding hydrogens is 357 g/mol. The molecule has 0 aliphatic rings. The summed E-state index contributed by atoms with van der Waals surface area (Å²) in [4.78, 5) is 26.1. The van der Waals surface area contributed by atoms with Gasteiger partial charge in [0, 0.05) is 13.1 Å². The summed E-state index contributed by atoms with van der Waals surface area (Å²) in [6.45, 7) is 3.94. The van der Waals surface area contributed by atoms with Crippen LogP contribution in [0.25, 0.3) is 0 Å². The van der Waals surface area contributed by atoms with Gasteiger partial charge < -0.3 is 9.64 Å². The third-order valence-corrected chi connectivity index (χ3v) is 4.37. The van der Waals surface area contributed by atoms with E-state index in [0.29, 0.717) is 0 Å². The van der Waals surface area contributed by atoms with Gasteiger partial charge in [-0.2, -0.15) is 0 Å². The van der Waals surface area contributed by atoms with Crippen LogP contribution in [-0.2, 0) is 16.1 Å². The second-order valence-electron chi connectivity index (χ2n) is 6.19. The molecule has 0 N–H and O–H groups in total. The smallest absolute Gasteiger partial charge is 0.310 e. The van der Waals surface area contributed by atoms with Crippen LogP contribution >= 0.6 is 11.6 Å². The lowest BCUT2D eigenvalue weighted by Gasteiger charge is -2.26. The molecule has 1 unspecified atom stereocenters. The summed E-state index contributed by atoms with van der Waals surface area (Å²) in [5.41, 5.74) is 1.76. The highest BCUT2D eigenvalue weighted by Crippen LogP contribution is 2.22. The second kappa shape index (κ2) is 8.81. The molecule has 2 aromatic rings. The number of ether oxygens (including phenoxy) is 1. The van der Waals surface area contributed by atoms with Gasteiger partial charge in [0.25, 0.3) is 5.91 Å². The lowest BCUT2D eigenvalue weighted by atomic mass is 10.1. The highest BCUT2D eigenvalue weighted by molar-refractivity contribution is 6.33. The summed E-state index contributed by atoms with van der Waals surface area (Å²) < 4.78 is 18.9. The Kier molecular flexibility index (Phi) is 6.75. The van der Waals surface area contributed by atoms with Crippen LogP contribution in [0, 0.1) is 18.7 Å². The molecule has 0 saturated carbocycles. The van der Waals surface area contributed by atoms with Gasteiger partial charge in [-0.1, -0.05) is 54.4 Å². The summed E-state index contributed by atoms with van der Waals surface area (Å²) in [7, 11) is 1.29. The van der Waals surface area contributed by atoms with Crippen molar-refractivity contribution in [3.63, 3.8) is 0 Å². The van der Waals surface area contributed by atoms with Crippen molar-refractivity contribution in [3.8, 4) is 0 Å². The Labute approximate surface area is 157 Å². The normalized spacial score (nSPS) is 11.7. The Bertz CT molecular complexity index is 772. The van der Waals surface area contributed by atoms with Crippen molar-refractivity contribution in [2.24, 2.45) is 5.92 Å². The molecule has 2 aromatic carbocycles. The molecule has 1 amide bonds. The molecule has 0 saturated heterocycles. The first kappa shape index (κ1) is 19.9. The first-order valence-corrected chi connectivity index (χ1v) is 8.58. The van der Waals surface area contributed by atoms with E-state index in [1.165, 1.54) is 30.2 Å². The monoisotopic (exact) mass is 377 g/mol. The van der Waals surface area contributed by atoms with Gasteiger partial charge in [-0.25, -0.2) is 4.39 Å². The second-order valence-corrected chi connectivity index (χ2v) is 6.60. The summed E-state index contributed by atoms with van der Waals surface area (Å²) in [6, 6.07) is 11.7. The van der Waals surface area contributed by atoms with Crippen LogP contribution < -0.4 is 0 Å². The van der Waals surface area contributed by atoms with Crippen molar-refractivity contribution < 1.29 is 18.7 Å². The van der Waals surface area contributed by atoms with Crippen LogP contribution in [0.3, 0.4) is 0 Å². The first-order chi connectivity index (χ1) is 12.3. The molecule has 0 bridgehead atoms. The maximum Gasteiger partial charge on any atom is 0.310 e. The van der Waals surface area contributed by atoms with Crippen molar-refractivity contribution >= 4 is 23.5 Å². The minimum absolute atomic E-state index is 0.0367. The number of esters is 1. The largest absolute Gasteiger partial charge is 0.469 e. The topological polar surface area (TPSA) is 46.6 Å². The van der Waals surface area contributed by atoms with Gasteiger partial charge >= 0.3 is 5.97 Å². The molecule has 0 radical (unpaired) electrons. The summed E-state index contributed by atoms with van der Waals surface area (Å²) in [6.07, 6.45) is 0. The lowest BCUT2D eigenvalue weighted by molar-refractivity contribution is -0.145. The van der Waals surface area contributed by atoms with Gasteiger partial charge in [0.15, 0.2) is 0 Å². The van der Waals surface area contributed by atoms with E-state index in [1.54, 1.807) is 6.92 Å². The molecule has 0 aliphatic carbocycles. The van der Waals surface area contributed by atoms with Gasteiger partial charge in [-0.05, 0) is 24.6 Å². The quantitative estimate of drug-likeness (QED) is 0.707. The van der Waals surface area contributed by atoms with Crippen LogP contribution in [-0.4, -0.2) is 30.4 Å². The highest BCUT2D eigenvalue weighted by Gasteiger charge is 2.26. The number of hydrogen-bond acceptors (Lipinski definition) is 3. The third kappa shape index (κ3) is 4.82. The van der Waals surface area contributed by atoms with Crippen LogP contribution in [0.5, 0.6) is 0 Å². The minimum atomic E-state index is -0.692. The van der Waals surface area contributed by atoms with Gasteiger partial charge in [0.1, 0.15) is 5.82 Å². The molecule has 0 fully saturated rings. The zero-order chi connectivity index (χ0) is 19.3. The fraction of sp³-hybridized carbons (Fsp3) is 0.300. The van der Waals surface area contributed by atoms with Gasteiger partial charge in [-0.15, -0.1) is 0 Å². The van der Waals surface area contributed by atoms with Crippen molar-refractivity contribution in [2.75, 3.05) is 13.7 Å². The summed E-state index contributed by atoms with van der Waals surface area (Å²) >= 11 is 6.04. The highest BCUT2D eigenvalue weighted by atomic mass is 35.5. The Morgan fingerprint density at radius 3 is 2.42 bits per heavy atom. The zero-order valence-electron chi connectivity index (χ0n) is 15.0. The number of aryl methyl sites for hydroxylation is 1. The summed E-state index contributed by atoms with van der Waals surface area (Å²) in [5, 5.41) is 0.0367. The van der Waals surface area contributed by atoms with Crippen LogP contribution in [0.1, 0.15) is 28.4 Å². The number of carbonyl (C=O) groups is 2. The predicted molar refractivity (Wildman–Crippen MR) is 98.5 cm³/mol. The van der Waals surface area contributed by atoms with Crippen LogP contribution in [0.15, 0.2) is 42.5 Å². The number of hydrogen-bond donors (Lipinski definition) is 0.